The van der Waals surface area contributed by atoms with E-state index in [1.807, 2.05) is 48.5 Å². The summed E-state index contributed by atoms with van der Waals surface area (Å²) in [6.07, 6.45) is 1.73. The van der Waals surface area contributed by atoms with E-state index >= 15 is 0 Å². The molecule has 2 aromatic carbocycles. The van der Waals surface area contributed by atoms with Crippen LogP contribution in [0.1, 0.15) is 26.4 Å². The van der Waals surface area contributed by atoms with Gasteiger partial charge in [-0.25, -0.2) is 9.59 Å². The van der Waals surface area contributed by atoms with E-state index in [1.165, 1.54) is 12.1 Å². The standard InChI is InChI=1S/C24H17NO5/c26-22(24(29)30-15-16-9-11-18(12-10-16)23(27)28)21-20(17-6-2-1-3-7-17)14-19-8-4-5-13-25(19)21/h1-14H,15H2,(H,27,28). The van der Waals surface area contributed by atoms with Crippen LogP contribution in [0.2, 0.25) is 0 Å². The first-order chi connectivity index (χ1) is 14.5. The number of nitrogens with zero attached hydrogens (tertiary/aromatic N) is 1. The van der Waals surface area contributed by atoms with Crippen LogP contribution >= 0.6 is 0 Å². The normalized spacial score (nSPS) is 10.7. The van der Waals surface area contributed by atoms with Crippen LogP contribution in [0.4, 0.5) is 0 Å². The minimum Gasteiger partial charge on any atom is -0.478 e. The summed E-state index contributed by atoms with van der Waals surface area (Å²) in [5, 5.41) is 8.95. The van der Waals surface area contributed by atoms with E-state index in [4.69, 9.17) is 9.84 Å². The first-order valence-corrected chi connectivity index (χ1v) is 9.24. The number of rotatable bonds is 6. The third kappa shape index (κ3) is 3.71. The molecule has 2 heterocycles. The van der Waals surface area contributed by atoms with Gasteiger partial charge in [-0.2, -0.15) is 0 Å². The molecule has 0 aliphatic rings. The van der Waals surface area contributed by atoms with Gasteiger partial charge in [0.25, 0.3) is 5.78 Å². The molecular weight excluding hydrogens is 382 g/mol. The summed E-state index contributed by atoms with van der Waals surface area (Å²) in [5.41, 5.74) is 3.22. The van der Waals surface area contributed by atoms with Crippen LogP contribution in [0.5, 0.6) is 0 Å². The second-order valence-electron chi connectivity index (χ2n) is 6.68. The predicted molar refractivity (Wildman–Crippen MR) is 110 cm³/mol. The average Bonchev–Trinajstić information content (AvgIpc) is 3.17. The van der Waals surface area contributed by atoms with Gasteiger partial charge in [-0.15, -0.1) is 0 Å². The molecule has 0 amide bonds. The van der Waals surface area contributed by atoms with E-state index in [-0.39, 0.29) is 17.9 Å². The fourth-order valence-corrected chi connectivity index (χ4v) is 3.25. The molecule has 6 nitrogen and oxygen atoms in total. The van der Waals surface area contributed by atoms with Crippen LogP contribution in [-0.2, 0) is 16.1 Å². The monoisotopic (exact) mass is 399 g/mol. The molecule has 0 fully saturated rings. The van der Waals surface area contributed by atoms with Crippen molar-refractivity contribution in [2.45, 2.75) is 6.61 Å². The molecule has 0 aliphatic heterocycles. The van der Waals surface area contributed by atoms with Gasteiger partial charge in [-0.05, 0) is 41.5 Å². The molecular formula is C24H17NO5. The molecule has 0 saturated heterocycles. The third-order valence-corrected chi connectivity index (χ3v) is 4.74. The lowest BCUT2D eigenvalue weighted by atomic mass is 10.0. The number of carbonyl (C=O) groups is 3. The number of aromatic nitrogens is 1. The SMILES string of the molecule is O=C(OCc1ccc(C(=O)O)cc1)C(=O)c1c(-c2ccccc2)cc2ccccn12. The van der Waals surface area contributed by atoms with Crippen molar-refractivity contribution in [1.29, 1.82) is 0 Å². The highest BCUT2D eigenvalue weighted by molar-refractivity contribution is 6.41. The van der Waals surface area contributed by atoms with E-state index in [9.17, 15) is 14.4 Å². The van der Waals surface area contributed by atoms with Gasteiger partial charge >= 0.3 is 11.9 Å². The van der Waals surface area contributed by atoms with Crippen LogP contribution in [0.15, 0.2) is 85.1 Å². The fraction of sp³-hybridized carbons (Fsp3) is 0.0417. The number of Topliss-reactive ketones (excluding diaryl/α,β-unsaturated/α-hetero) is 1. The molecule has 2 aromatic heterocycles. The van der Waals surface area contributed by atoms with Gasteiger partial charge in [-0.1, -0.05) is 48.5 Å². The number of aromatic carboxylic acids is 1. The van der Waals surface area contributed by atoms with Crippen LogP contribution in [-0.4, -0.2) is 27.2 Å². The van der Waals surface area contributed by atoms with Gasteiger partial charge in [0, 0.05) is 17.3 Å². The van der Waals surface area contributed by atoms with Crippen molar-refractivity contribution < 1.29 is 24.2 Å². The van der Waals surface area contributed by atoms with Crippen molar-refractivity contribution in [2.24, 2.45) is 0 Å². The highest BCUT2D eigenvalue weighted by Gasteiger charge is 2.26. The number of carboxylic acids is 1. The Morgan fingerprint density at radius 3 is 2.27 bits per heavy atom. The number of hydrogen-bond acceptors (Lipinski definition) is 4. The van der Waals surface area contributed by atoms with Gasteiger partial charge in [0.05, 0.1) is 5.56 Å². The van der Waals surface area contributed by atoms with Gasteiger partial charge < -0.3 is 14.2 Å². The molecule has 0 spiro atoms. The van der Waals surface area contributed by atoms with Crippen molar-refractivity contribution in [3.63, 3.8) is 0 Å². The number of fused-ring (bicyclic) bond motifs is 1. The molecule has 30 heavy (non-hydrogen) atoms. The zero-order valence-corrected chi connectivity index (χ0v) is 15.8. The van der Waals surface area contributed by atoms with Gasteiger partial charge in [-0.3, -0.25) is 4.79 Å². The highest BCUT2D eigenvalue weighted by Crippen LogP contribution is 2.28. The predicted octanol–water partition coefficient (Wildman–Crippen LogP) is 4.23. The van der Waals surface area contributed by atoms with Crippen molar-refractivity contribution >= 4 is 23.2 Å². The summed E-state index contributed by atoms with van der Waals surface area (Å²) in [5.74, 6) is -2.76. The molecule has 0 unspecified atom stereocenters. The van der Waals surface area contributed by atoms with E-state index in [2.05, 4.69) is 0 Å². The van der Waals surface area contributed by atoms with Crippen LogP contribution in [0.3, 0.4) is 0 Å². The number of carbonyl (C=O) groups excluding carboxylic acids is 2. The number of benzene rings is 2. The molecule has 6 heteroatoms. The van der Waals surface area contributed by atoms with Crippen molar-refractivity contribution in [1.82, 2.24) is 4.40 Å². The summed E-state index contributed by atoms with van der Waals surface area (Å²) in [7, 11) is 0. The Balaban J connectivity index is 1.61. The van der Waals surface area contributed by atoms with Gasteiger partial charge in [0.1, 0.15) is 12.3 Å². The van der Waals surface area contributed by atoms with Crippen molar-refractivity contribution in [2.75, 3.05) is 0 Å². The van der Waals surface area contributed by atoms with Gasteiger partial charge in [0.2, 0.25) is 0 Å². The molecule has 148 valence electrons. The second-order valence-corrected chi connectivity index (χ2v) is 6.68. The molecule has 0 radical (unpaired) electrons. The summed E-state index contributed by atoms with van der Waals surface area (Å²) >= 11 is 0. The lowest BCUT2D eigenvalue weighted by Crippen LogP contribution is -2.20. The summed E-state index contributed by atoms with van der Waals surface area (Å²) in [6.45, 7) is -0.131. The first kappa shape index (κ1) is 19.1. The van der Waals surface area contributed by atoms with Crippen LogP contribution < -0.4 is 0 Å². The molecule has 0 saturated carbocycles. The Hall–Kier alpha value is -4.19. The second kappa shape index (κ2) is 8.05. The van der Waals surface area contributed by atoms with Crippen molar-refractivity contribution in [3.05, 3.63) is 102 Å². The maximum absolute atomic E-state index is 13.0. The first-order valence-electron chi connectivity index (χ1n) is 9.24. The third-order valence-electron chi connectivity index (χ3n) is 4.74. The smallest absolute Gasteiger partial charge is 0.381 e. The quantitative estimate of drug-likeness (QED) is 0.298. The van der Waals surface area contributed by atoms with Crippen LogP contribution in [0, 0.1) is 0 Å². The molecule has 0 bridgehead atoms. The lowest BCUT2D eigenvalue weighted by molar-refractivity contribution is -0.139. The zero-order valence-electron chi connectivity index (χ0n) is 15.8. The average molecular weight is 399 g/mol. The van der Waals surface area contributed by atoms with Crippen molar-refractivity contribution in [3.8, 4) is 11.1 Å². The number of carboxylic acid groups (broad SMARTS) is 1. The Bertz CT molecular complexity index is 1240. The maximum atomic E-state index is 13.0. The van der Waals surface area contributed by atoms with E-state index in [1.54, 1.807) is 28.8 Å². The number of pyridine rings is 1. The van der Waals surface area contributed by atoms with E-state index in [0.717, 1.165) is 11.1 Å². The highest BCUT2D eigenvalue weighted by atomic mass is 16.5. The number of ketones is 1. The largest absolute Gasteiger partial charge is 0.478 e. The Morgan fingerprint density at radius 1 is 0.867 bits per heavy atom. The summed E-state index contributed by atoms with van der Waals surface area (Å²) in [4.78, 5) is 36.5. The number of hydrogen-bond donors (Lipinski definition) is 1. The van der Waals surface area contributed by atoms with E-state index < -0.39 is 17.7 Å². The van der Waals surface area contributed by atoms with Crippen LogP contribution in [0.25, 0.3) is 16.6 Å². The number of esters is 1. The molecule has 4 rings (SSSR count). The minimum absolute atomic E-state index is 0.131. The Kier molecular flexibility index (Phi) is 5.13. The zero-order chi connectivity index (χ0) is 21.1. The van der Waals surface area contributed by atoms with Gasteiger partial charge in [0.15, 0.2) is 0 Å². The summed E-state index contributed by atoms with van der Waals surface area (Å²) < 4.78 is 6.88. The maximum Gasteiger partial charge on any atom is 0.381 e. The number of ether oxygens (including phenoxy) is 1. The van der Waals surface area contributed by atoms with E-state index in [0.29, 0.717) is 11.1 Å². The molecule has 0 atom stereocenters. The summed E-state index contributed by atoms with van der Waals surface area (Å²) in [6, 6.07) is 22.7. The topological polar surface area (TPSA) is 85.1 Å². The minimum atomic E-state index is -1.04. The molecule has 4 aromatic rings. The molecule has 1 N–H and O–H groups in total. The molecule has 0 aliphatic carbocycles. The Labute approximate surface area is 172 Å². The lowest BCUT2D eigenvalue weighted by Gasteiger charge is -2.07. The fourth-order valence-electron chi connectivity index (χ4n) is 3.25. The Morgan fingerprint density at radius 2 is 1.57 bits per heavy atom.